The van der Waals surface area contributed by atoms with Gasteiger partial charge in [0, 0.05) is 11.3 Å². The second kappa shape index (κ2) is 10.5. The maximum atomic E-state index is 13.0. The van der Waals surface area contributed by atoms with Crippen molar-refractivity contribution >= 4 is 34.1 Å². The quantitative estimate of drug-likeness (QED) is 0.431. The smallest absolute Gasteiger partial charge is 0.319 e. The third-order valence-corrected chi connectivity index (χ3v) is 6.56. The van der Waals surface area contributed by atoms with Crippen LogP contribution in [-0.2, 0) is 11.2 Å². The minimum atomic E-state index is -0.738. The lowest BCUT2D eigenvalue weighted by Crippen LogP contribution is -2.49. The van der Waals surface area contributed by atoms with Crippen LogP contribution in [0.15, 0.2) is 42.5 Å². The Hall–Kier alpha value is -3.66. The van der Waals surface area contributed by atoms with E-state index in [1.807, 2.05) is 56.3 Å². The number of ether oxygens (including phenoxy) is 2. The average molecular weight is 482 g/mol. The summed E-state index contributed by atoms with van der Waals surface area (Å²) in [5, 5.41) is 17.6. The number of rotatable bonds is 8. The van der Waals surface area contributed by atoms with Gasteiger partial charge in [0.15, 0.2) is 11.5 Å². The van der Waals surface area contributed by atoms with Crippen molar-refractivity contribution < 1.29 is 19.1 Å². The molecule has 1 aliphatic rings. The Kier molecular flexibility index (Phi) is 7.27. The Morgan fingerprint density at radius 3 is 2.53 bits per heavy atom. The number of fused-ring (bicyclic) bond motifs is 1. The van der Waals surface area contributed by atoms with Gasteiger partial charge in [-0.3, -0.25) is 10.1 Å². The largest absolute Gasteiger partial charge is 0.454 e. The predicted molar refractivity (Wildman–Crippen MR) is 131 cm³/mol. The van der Waals surface area contributed by atoms with Gasteiger partial charge in [0.1, 0.15) is 11.0 Å². The van der Waals surface area contributed by atoms with Gasteiger partial charge in [-0.05, 0) is 48.2 Å². The van der Waals surface area contributed by atoms with Crippen LogP contribution < -0.4 is 25.4 Å². The van der Waals surface area contributed by atoms with Crippen molar-refractivity contribution in [1.82, 2.24) is 15.5 Å². The first-order valence-electron chi connectivity index (χ1n) is 11.2. The number of hydrogen-bond acceptors (Lipinski definition) is 7. The van der Waals surface area contributed by atoms with E-state index >= 15 is 0 Å². The molecule has 0 saturated carbocycles. The number of benzene rings is 2. The Bertz CT molecular complexity index is 1160. The highest BCUT2D eigenvalue weighted by atomic mass is 32.1. The van der Waals surface area contributed by atoms with E-state index in [4.69, 9.17) is 9.47 Å². The molecule has 2 heterocycles. The second-order valence-electron chi connectivity index (χ2n) is 7.98. The fourth-order valence-corrected chi connectivity index (χ4v) is 4.18. The lowest BCUT2D eigenvalue weighted by Gasteiger charge is -2.23. The van der Waals surface area contributed by atoms with Crippen molar-refractivity contribution in [3.05, 3.63) is 48.0 Å². The van der Waals surface area contributed by atoms with Crippen LogP contribution in [0, 0.1) is 5.92 Å². The molecule has 10 heteroatoms. The van der Waals surface area contributed by atoms with E-state index in [2.05, 4.69) is 33.1 Å². The molecule has 0 radical (unpaired) electrons. The first-order valence-corrected chi connectivity index (χ1v) is 12.0. The molecule has 3 aromatic rings. The van der Waals surface area contributed by atoms with Crippen molar-refractivity contribution in [2.75, 3.05) is 17.4 Å². The van der Waals surface area contributed by atoms with Crippen LogP contribution in [0.4, 0.5) is 15.6 Å². The molecular weight excluding hydrogens is 454 g/mol. The molecule has 34 heavy (non-hydrogen) atoms. The lowest BCUT2D eigenvalue weighted by atomic mass is 9.98. The summed E-state index contributed by atoms with van der Waals surface area (Å²) in [6.45, 7) is 6.15. The van der Waals surface area contributed by atoms with E-state index < -0.39 is 12.1 Å². The molecular formula is C24H27N5O4S. The molecule has 178 valence electrons. The number of carbonyl (C=O) groups excluding carboxylic acids is 2. The van der Waals surface area contributed by atoms with Crippen LogP contribution in [0.3, 0.4) is 0 Å². The van der Waals surface area contributed by atoms with Crippen LogP contribution in [0.5, 0.6) is 11.5 Å². The number of nitrogens with one attached hydrogen (secondary N) is 3. The van der Waals surface area contributed by atoms with Gasteiger partial charge in [0.05, 0.1) is 0 Å². The molecule has 3 N–H and O–H groups in total. The van der Waals surface area contributed by atoms with Gasteiger partial charge >= 0.3 is 6.03 Å². The first kappa shape index (κ1) is 23.5. The molecule has 9 nitrogen and oxygen atoms in total. The van der Waals surface area contributed by atoms with E-state index in [1.165, 1.54) is 16.9 Å². The second-order valence-corrected chi connectivity index (χ2v) is 8.96. The summed E-state index contributed by atoms with van der Waals surface area (Å²) in [4.78, 5) is 25.6. The number of hydrogen-bond donors (Lipinski definition) is 3. The third kappa shape index (κ3) is 5.45. The summed E-state index contributed by atoms with van der Waals surface area (Å²) >= 11 is 1.24. The van der Waals surface area contributed by atoms with Crippen molar-refractivity contribution in [2.45, 2.75) is 39.7 Å². The Morgan fingerprint density at radius 1 is 1.03 bits per heavy atom. The minimum absolute atomic E-state index is 0.0885. The zero-order valence-corrected chi connectivity index (χ0v) is 20.1. The topological polar surface area (TPSA) is 114 Å². The molecule has 0 unspecified atom stereocenters. The lowest BCUT2D eigenvalue weighted by molar-refractivity contribution is -0.119. The van der Waals surface area contributed by atoms with Crippen LogP contribution in [-0.4, -0.2) is 35.0 Å². The minimum Gasteiger partial charge on any atom is -0.454 e. The van der Waals surface area contributed by atoms with Crippen molar-refractivity contribution in [3.8, 4) is 22.1 Å². The summed E-state index contributed by atoms with van der Waals surface area (Å²) in [5.41, 5.74) is 2.66. The van der Waals surface area contributed by atoms with Crippen LogP contribution >= 0.6 is 11.3 Å². The van der Waals surface area contributed by atoms with Crippen LogP contribution in [0.25, 0.3) is 10.6 Å². The molecule has 4 rings (SSSR count). The Labute approximate surface area is 201 Å². The van der Waals surface area contributed by atoms with E-state index in [-0.39, 0.29) is 18.6 Å². The molecule has 0 spiro atoms. The SMILES string of the molecule is CCc1ccc(NC(=O)N[C@H](C(=O)Nc2nnc(-c3ccc4c(c3)OCO4)s2)[C@H](C)CC)cc1. The monoisotopic (exact) mass is 481 g/mol. The number of carbonyl (C=O) groups is 2. The zero-order valence-electron chi connectivity index (χ0n) is 19.3. The molecule has 2 atom stereocenters. The molecule has 1 aromatic heterocycles. The van der Waals surface area contributed by atoms with Gasteiger partial charge < -0.3 is 20.1 Å². The molecule has 0 fully saturated rings. The molecule has 0 saturated heterocycles. The maximum Gasteiger partial charge on any atom is 0.319 e. The first-order chi connectivity index (χ1) is 16.5. The maximum absolute atomic E-state index is 13.0. The van der Waals surface area contributed by atoms with Crippen LogP contribution in [0.1, 0.15) is 32.8 Å². The highest BCUT2D eigenvalue weighted by Crippen LogP contribution is 2.37. The molecule has 3 amide bonds. The molecule has 0 aliphatic carbocycles. The van der Waals surface area contributed by atoms with Gasteiger partial charge in [-0.2, -0.15) is 0 Å². The number of nitrogens with zero attached hydrogens (tertiary/aromatic N) is 2. The van der Waals surface area contributed by atoms with E-state index in [0.29, 0.717) is 33.7 Å². The summed E-state index contributed by atoms with van der Waals surface area (Å²) < 4.78 is 10.7. The van der Waals surface area contributed by atoms with E-state index in [0.717, 1.165) is 12.0 Å². The zero-order chi connectivity index (χ0) is 24.1. The number of amides is 3. The number of aromatic nitrogens is 2. The third-order valence-electron chi connectivity index (χ3n) is 5.68. The van der Waals surface area contributed by atoms with Gasteiger partial charge in [0.25, 0.3) is 0 Å². The molecule has 0 bridgehead atoms. The summed E-state index contributed by atoms with van der Waals surface area (Å²) in [6.07, 6.45) is 1.63. The van der Waals surface area contributed by atoms with Gasteiger partial charge in [-0.1, -0.05) is 50.7 Å². The molecule has 1 aliphatic heterocycles. The Balaban J connectivity index is 1.41. The fraction of sp³-hybridized carbons (Fsp3) is 0.333. The average Bonchev–Trinajstić information content (AvgIpc) is 3.51. The summed E-state index contributed by atoms with van der Waals surface area (Å²) in [5.74, 6) is 0.896. The van der Waals surface area contributed by atoms with Crippen molar-refractivity contribution in [1.29, 1.82) is 0 Å². The fourth-order valence-electron chi connectivity index (χ4n) is 3.44. The number of aryl methyl sites for hydroxylation is 1. The number of anilines is 2. The normalized spacial score (nSPS) is 13.7. The van der Waals surface area contributed by atoms with Gasteiger partial charge in [-0.25, -0.2) is 4.79 Å². The highest BCUT2D eigenvalue weighted by molar-refractivity contribution is 7.18. The van der Waals surface area contributed by atoms with Crippen molar-refractivity contribution in [2.24, 2.45) is 5.92 Å². The number of urea groups is 1. The highest BCUT2D eigenvalue weighted by Gasteiger charge is 2.27. The summed E-state index contributed by atoms with van der Waals surface area (Å²) in [7, 11) is 0. The molecule has 2 aromatic carbocycles. The van der Waals surface area contributed by atoms with Crippen molar-refractivity contribution in [3.63, 3.8) is 0 Å². The summed E-state index contributed by atoms with van der Waals surface area (Å²) in [6, 6.07) is 11.9. The predicted octanol–water partition coefficient (Wildman–Crippen LogP) is 4.67. The van der Waals surface area contributed by atoms with Gasteiger partial charge in [-0.15, -0.1) is 10.2 Å². The van der Waals surface area contributed by atoms with Crippen LogP contribution in [0.2, 0.25) is 0 Å². The van der Waals surface area contributed by atoms with E-state index in [9.17, 15) is 9.59 Å². The standard InChI is InChI=1S/C24H27N5O4S/c1-4-14(3)20(26-23(31)25-17-9-6-15(5-2)7-10-17)21(30)27-24-29-28-22(34-24)16-8-11-18-19(12-16)33-13-32-18/h6-12,14,20H,4-5,13H2,1-3H3,(H2,25,26,31)(H,27,29,30)/t14-,20+/m1/s1. The van der Waals surface area contributed by atoms with Gasteiger partial charge in [0.2, 0.25) is 17.8 Å². The van der Waals surface area contributed by atoms with E-state index in [1.54, 1.807) is 0 Å². The Morgan fingerprint density at radius 2 is 1.79 bits per heavy atom.